The van der Waals surface area contributed by atoms with E-state index < -0.39 is 10.0 Å². The average Bonchev–Trinajstić information content (AvgIpc) is 2.64. The van der Waals surface area contributed by atoms with E-state index in [1.54, 1.807) is 16.4 Å². The second-order valence-electron chi connectivity index (χ2n) is 6.68. The first-order valence-electron chi connectivity index (χ1n) is 9.12. The SMILES string of the molecule is CCOc1ccccc1C[NH+]1CCN(S(=O)(=O)c2ccc(C)cc2)CC1. The van der Waals surface area contributed by atoms with Gasteiger partial charge in [0.05, 0.1) is 37.7 Å². The number of piperazine rings is 1. The van der Waals surface area contributed by atoms with Crippen LogP contribution in [0.15, 0.2) is 53.4 Å². The molecule has 0 bridgehead atoms. The summed E-state index contributed by atoms with van der Waals surface area (Å²) in [6, 6.07) is 15.2. The number of para-hydroxylation sites is 1. The Morgan fingerprint density at radius 1 is 1.04 bits per heavy atom. The number of sulfonamides is 1. The van der Waals surface area contributed by atoms with Gasteiger partial charge in [0.1, 0.15) is 12.3 Å². The lowest BCUT2D eigenvalue weighted by atomic mass is 10.2. The van der Waals surface area contributed by atoms with Crippen molar-refractivity contribution < 1.29 is 18.1 Å². The summed E-state index contributed by atoms with van der Waals surface area (Å²) in [5.41, 5.74) is 2.24. The van der Waals surface area contributed by atoms with E-state index in [-0.39, 0.29) is 0 Å². The van der Waals surface area contributed by atoms with Crippen molar-refractivity contribution in [2.24, 2.45) is 0 Å². The van der Waals surface area contributed by atoms with Gasteiger partial charge in [0.25, 0.3) is 0 Å². The molecule has 3 rings (SSSR count). The summed E-state index contributed by atoms with van der Waals surface area (Å²) in [4.78, 5) is 1.76. The van der Waals surface area contributed by atoms with Gasteiger partial charge in [-0.2, -0.15) is 4.31 Å². The molecule has 26 heavy (non-hydrogen) atoms. The van der Waals surface area contributed by atoms with Crippen molar-refractivity contribution in [3.63, 3.8) is 0 Å². The van der Waals surface area contributed by atoms with E-state index in [1.807, 2.05) is 44.2 Å². The Morgan fingerprint density at radius 3 is 2.35 bits per heavy atom. The highest BCUT2D eigenvalue weighted by molar-refractivity contribution is 7.89. The molecule has 0 spiro atoms. The zero-order valence-corrected chi connectivity index (χ0v) is 16.3. The predicted molar refractivity (Wildman–Crippen MR) is 102 cm³/mol. The standard InChI is InChI=1S/C20H26N2O3S/c1-3-25-20-7-5-4-6-18(20)16-21-12-14-22(15-13-21)26(23,24)19-10-8-17(2)9-11-19/h4-11H,3,12-16H2,1-2H3/p+1. The number of nitrogens with zero attached hydrogens (tertiary/aromatic N) is 1. The first-order chi connectivity index (χ1) is 12.5. The van der Waals surface area contributed by atoms with Crippen LogP contribution in [0.5, 0.6) is 5.75 Å². The molecule has 1 saturated heterocycles. The van der Waals surface area contributed by atoms with Gasteiger partial charge in [-0.05, 0) is 38.1 Å². The van der Waals surface area contributed by atoms with E-state index >= 15 is 0 Å². The number of hydrogen-bond donors (Lipinski definition) is 1. The lowest BCUT2D eigenvalue weighted by Crippen LogP contribution is -3.13. The fourth-order valence-electron chi connectivity index (χ4n) is 3.29. The maximum Gasteiger partial charge on any atom is 0.243 e. The van der Waals surface area contributed by atoms with Crippen LogP contribution in [0.25, 0.3) is 0 Å². The van der Waals surface area contributed by atoms with Crippen molar-refractivity contribution in [1.29, 1.82) is 0 Å². The topological polar surface area (TPSA) is 51.1 Å². The maximum atomic E-state index is 12.8. The second kappa shape index (κ2) is 8.20. The Kier molecular flexibility index (Phi) is 5.96. The number of benzene rings is 2. The normalized spacial score (nSPS) is 16.5. The van der Waals surface area contributed by atoms with Crippen LogP contribution in [-0.2, 0) is 16.6 Å². The fraction of sp³-hybridized carbons (Fsp3) is 0.400. The molecular formula is C20H27N2O3S+. The van der Waals surface area contributed by atoms with E-state index in [0.29, 0.717) is 24.6 Å². The molecular weight excluding hydrogens is 348 g/mol. The third-order valence-electron chi connectivity index (χ3n) is 4.80. The van der Waals surface area contributed by atoms with E-state index in [1.165, 1.54) is 10.5 Å². The smallest absolute Gasteiger partial charge is 0.243 e. The van der Waals surface area contributed by atoms with Gasteiger partial charge in [0.15, 0.2) is 0 Å². The number of quaternary nitrogens is 1. The van der Waals surface area contributed by atoms with Gasteiger partial charge in [-0.3, -0.25) is 0 Å². The van der Waals surface area contributed by atoms with Crippen molar-refractivity contribution in [2.75, 3.05) is 32.8 Å². The molecule has 1 N–H and O–H groups in total. The molecule has 1 fully saturated rings. The molecule has 0 amide bonds. The van der Waals surface area contributed by atoms with Crippen LogP contribution >= 0.6 is 0 Å². The van der Waals surface area contributed by atoms with Gasteiger partial charge in [-0.15, -0.1) is 0 Å². The van der Waals surface area contributed by atoms with Crippen LogP contribution in [-0.4, -0.2) is 45.5 Å². The summed E-state index contributed by atoms with van der Waals surface area (Å²) in [5.74, 6) is 0.928. The van der Waals surface area contributed by atoms with Gasteiger partial charge in [0, 0.05) is 5.56 Å². The zero-order chi connectivity index (χ0) is 18.6. The average molecular weight is 376 g/mol. The maximum absolute atomic E-state index is 12.8. The molecule has 6 heteroatoms. The minimum absolute atomic E-state index is 0.383. The van der Waals surface area contributed by atoms with Crippen molar-refractivity contribution >= 4 is 10.0 Å². The van der Waals surface area contributed by atoms with E-state index in [2.05, 4.69) is 6.07 Å². The lowest BCUT2D eigenvalue weighted by Gasteiger charge is -2.31. The summed E-state index contributed by atoms with van der Waals surface area (Å²) in [5, 5.41) is 0. The third-order valence-corrected chi connectivity index (χ3v) is 6.71. The molecule has 1 aliphatic heterocycles. The van der Waals surface area contributed by atoms with Gasteiger partial charge in [0.2, 0.25) is 10.0 Å². The van der Waals surface area contributed by atoms with Gasteiger partial charge >= 0.3 is 0 Å². The highest BCUT2D eigenvalue weighted by atomic mass is 32.2. The molecule has 0 aromatic heterocycles. The lowest BCUT2D eigenvalue weighted by molar-refractivity contribution is -0.917. The molecule has 0 aliphatic carbocycles. The molecule has 0 unspecified atom stereocenters. The number of hydrogen-bond acceptors (Lipinski definition) is 3. The van der Waals surface area contributed by atoms with Crippen molar-refractivity contribution in [3.8, 4) is 5.75 Å². The largest absolute Gasteiger partial charge is 0.493 e. The molecule has 1 aliphatic rings. The van der Waals surface area contributed by atoms with Gasteiger partial charge < -0.3 is 9.64 Å². The van der Waals surface area contributed by atoms with Crippen LogP contribution in [0, 0.1) is 6.92 Å². The first kappa shape index (κ1) is 18.9. The molecule has 1 heterocycles. The molecule has 0 saturated carbocycles. The number of ether oxygens (including phenoxy) is 1. The summed E-state index contributed by atoms with van der Waals surface area (Å²) in [6.07, 6.45) is 0. The van der Waals surface area contributed by atoms with Crippen LogP contribution in [0.1, 0.15) is 18.1 Å². The predicted octanol–water partition coefficient (Wildman–Crippen LogP) is 1.48. The van der Waals surface area contributed by atoms with Gasteiger partial charge in [-0.25, -0.2) is 8.42 Å². The Labute approximate surface area is 156 Å². The summed E-state index contributed by atoms with van der Waals surface area (Å²) in [7, 11) is -3.40. The Hall–Kier alpha value is -1.89. The minimum Gasteiger partial charge on any atom is -0.493 e. The third kappa shape index (κ3) is 4.26. The number of nitrogens with one attached hydrogen (secondary N) is 1. The monoisotopic (exact) mass is 375 g/mol. The second-order valence-corrected chi connectivity index (χ2v) is 8.62. The summed E-state index contributed by atoms with van der Waals surface area (Å²) < 4.78 is 32.9. The number of aryl methyl sites for hydroxylation is 1. The quantitative estimate of drug-likeness (QED) is 0.832. The van der Waals surface area contributed by atoms with Crippen molar-refractivity contribution in [2.45, 2.75) is 25.3 Å². The van der Waals surface area contributed by atoms with Crippen LogP contribution in [0.4, 0.5) is 0 Å². The molecule has 5 nitrogen and oxygen atoms in total. The van der Waals surface area contributed by atoms with Crippen LogP contribution in [0.2, 0.25) is 0 Å². The zero-order valence-electron chi connectivity index (χ0n) is 15.4. The van der Waals surface area contributed by atoms with Crippen LogP contribution < -0.4 is 9.64 Å². The van der Waals surface area contributed by atoms with E-state index in [0.717, 1.165) is 30.9 Å². The fourth-order valence-corrected chi connectivity index (χ4v) is 4.74. The van der Waals surface area contributed by atoms with E-state index in [4.69, 9.17) is 4.74 Å². The van der Waals surface area contributed by atoms with E-state index in [9.17, 15) is 8.42 Å². The molecule has 2 aromatic rings. The summed E-state index contributed by atoms with van der Waals surface area (Å²) >= 11 is 0. The molecule has 2 aromatic carbocycles. The van der Waals surface area contributed by atoms with Crippen molar-refractivity contribution in [1.82, 2.24) is 4.31 Å². The summed E-state index contributed by atoms with van der Waals surface area (Å²) in [6.45, 7) is 8.13. The van der Waals surface area contributed by atoms with Crippen molar-refractivity contribution in [3.05, 3.63) is 59.7 Å². The Bertz CT molecular complexity index is 826. The highest BCUT2D eigenvalue weighted by Crippen LogP contribution is 2.18. The Morgan fingerprint density at radius 2 is 1.69 bits per heavy atom. The Balaban J connectivity index is 1.63. The van der Waals surface area contributed by atoms with Gasteiger partial charge in [-0.1, -0.05) is 29.8 Å². The van der Waals surface area contributed by atoms with Crippen LogP contribution in [0.3, 0.4) is 0 Å². The minimum atomic E-state index is -3.40. The first-order valence-corrected chi connectivity index (χ1v) is 10.6. The molecule has 140 valence electrons. The number of rotatable bonds is 6. The highest BCUT2D eigenvalue weighted by Gasteiger charge is 2.30. The molecule has 0 atom stereocenters. The molecule has 0 radical (unpaired) electrons.